The van der Waals surface area contributed by atoms with Crippen LogP contribution >= 0.6 is 0 Å². The van der Waals surface area contributed by atoms with Gasteiger partial charge in [0.15, 0.2) is 0 Å². The SMILES string of the molecule is COC(=O)[C@@H]1CCCN1C(=O)CC1Cc2ccc(OC)cc2C1. The first kappa shape index (κ1) is 15.8. The Kier molecular flexibility index (Phi) is 4.55. The number of nitrogens with zero attached hydrogens (tertiary/aromatic N) is 1. The van der Waals surface area contributed by atoms with Crippen LogP contribution in [0.5, 0.6) is 5.75 Å². The highest BCUT2D eigenvalue weighted by Gasteiger charge is 2.36. The highest BCUT2D eigenvalue weighted by molar-refractivity contribution is 5.85. The summed E-state index contributed by atoms with van der Waals surface area (Å²) in [6.07, 6.45) is 3.88. The summed E-state index contributed by atoms with van der Waals surface area (Å²) in [5.74, 6) is 0.947. The Labute approximate surface area is 136 Å². The Balaban J connectivity index is 1.62. The van der Waals surface area contributed by atoms with Gasteiger partial charge in [0.1, 0.15) is 11.8 Å². The lowest BCUT2D eigenvalue weighted by Gasteiger charge is -2.24. The monoisotopic (exact) mass is 317 g/mol. The number of hydrogen-bond donors (Lipinski definition) is 0. The highest BCUT2D eigenvalue weighted by Crippen LogP contribution is 2.32. The molecule has 1 aromatic rings. The van der Waals surface area contributed by atoms with Crippen LogP contribution in [0.15, 0.2) is 18.2 Å². The summed E-state index contributed by atoms with van der Waals surface area (Å²) in [4.78, 5) is 26.1. The fraction of sp³-hybridized carbons (Fsp3) is 0.556. The molecule has 3 rings (SSSR count). The molecule has 23 heavy (non-hydrogen) atoms. The Morgan fingerprint density at radius 2 is 2.00 bits per heavy atom. The van der Waals surface area contributed by atoms with Gasteiger partial charge in [-0.2, -0.15) is 0 Å². The number of hydrogen-bond acceptors (Lipinski definition) is 4. The van der Waals surface area contributed by atoms with E-state index in [0.717, 1.165) is 25.0 Å². The predicted octanol–water partition coefficient (Wildman–Crippen LogP) is 1.96. The minimum Gasteiger partial charge on any atom is -0.497 e. The van der Waals surface area contributed by atoms with Crippen LogP contribution in [-0.4, -0.2) is 43.6 Å². The minimum atomic E-state index is -0.392. The number of carbonyl (C=O) groups is 2. The average Bonchev–Trinajstić information content (AvgIpc) is 3.19. The predicted molar refractivity (Wildman–Crippen MR) is 85.3 cm³/mol. The molecule has 0 saturated carbocycles. The Morgan fingerprint density at radius 1 is 1.22 bits per heavy atom. The summed E-state index contributed by atoms with van der Waals surface area (Å²) in [6.45, 7) is 0.659. The molecule has 1 aromatic carbocycles. The third-order valence-electron chi connectivity index (χ3n) is 4.94. The minimum absolute atomic E-state index is 0.0719. The lowest BCUT2D eigenvalue weighted by molar-refractivity contribution is -0.151. The van der Waals surface area contributed by atoms with Crippen LogP contribution in [0, 0.1) is 5.92 Å². The van der Waals surface area contributed by atoms with E-state index in [0.29, 0.717) is 25.3 Å². The fourth-order valence-electron chi connectivity index (χ4n) is 3.77. The molecule has 1 heterocycles. The zero-order chi connectivity index (χ0) is 16.4. The average molecular weight is 317 g/mol. The van der Waals surface area contributed by atoms with Crippen LogP contribution in [0.2, 0.25) is 0 Å². The van der Waals surface area contributed by atoms with Crippen molar-refractivity contribution >= 4 is 11.9 Å². The van der Waals surface area contributed by atoms with Crippen LogP contribution in [0.3, 0.4) is 0 Å². The van der Waals surface area contributed by atoms with Gasteiger partial charge < -0.3 is 14.4 Å². The number of amides is 1. The molecule has 1 unspecified atom stereocenters. The summed E-state index contributed by atoms with van der Waals surface area (Å²) in [5, 5.41) is 0. The number of fused-ring (bicyclic) bond motifs is 1. The molecule has 2 atom stereocenters. The number of carbonyl (C=O) groups excluding carboxylic acids is 2. The van der Waals surface area contributed by atoms with Crippen LogP contribution in [0.1, 0.15) is 30.4 Å². The van der Waals surface area contributed by atoms with Crippen LogP contribution in [0.4, 0.5) is 0 Å². The van der Waals surface area contributed by atoms with E-state index in [1.54, 1.807) is 12.0 Å². The molecule has 5 heteroatoms. The second kappa shape index (κ2) is 6.60. The quantitative estimate of drug-likeness (QED) is 0.797. The molecule has 2 aliphatic rings. The molecule has 0 N–H and O–H groups in total. The van der Waals surface area contributed by atoms with Gasteiger partial charge in [0, 0.05) is 13.0 Å². The van der Waals surface area contributed by atoms with E-state index in [1.807, 2.05) is 6.07 Å². The first-order chi connectivity index (χ1) is 11.1. The van der Waals surface area contributed by atoms with Crippen molar-refractivity contribution in [1.29, 1.82) is 0 Å². The van der Waals surface area contributed by atoms with E-state index in [2.05, 4.69) is 12.1 Å². The van der Waals surface area contributed by atoms with Gasteiger partial charge in [0.25, 0.3) is 0 Å². The molecular weight excluding hydrogens is 294 g/mol. The van der Waals surface area contributed by atoms with E-state index >= 15 is 0 Å². The third kappa shape index (κ3) is 3.19. The van der Waals surface area contributed by atoms with Gasteiger partial charge in [-0.3, -0.25) is 4.79 Å². The van der Waals surface area contributed by atoms with Gasteiger partial charge in [-0.25, -0.2) is 4.79 Å². The van der Waals surface area contributed by atoms with E-state index in [4.69, 9.17) is 9.47 Å². The molecule has 0 bridgehead atoms. The summed E-state index contributed by atoms with van der Waals surface area (Å²) in [6, 6.07) is 5.73. The lowest BCUT2D eigenvalue weighted by atomic mass is 10.0. The van der Waals surface area contributed by atoms with Gasteiger partial charge in [-0.1, -0.05) is 6.07 Å². The Bertz CT molecular complexity index is 613. The fourth-order valence-corrected chi connectivity index (χ4v) is 3.77. The number of methoxy groups -OCH3 is 2. The maximum atomic E-state index is 12.6. The largest absolute Gasteiger partial charge is 0.497 e. The molecule has 0 spiro atoms. The summed E-state index contributed by atoms with van der Waals surface area (Å²) in [5.41, 5.74) is 2.57. The van der Waals surface area contributed by atoms with Crippen molar-refractivity contribution in [2.75, 3.05) is 20.8 Å². The van der Waals surface area contributed by atoms with Crippen LogP contribution < -0.4 is 4.74 Å². The molecule has 1 fully saturated rings. The topological polar surface area (TPSA) is 55.8 Å². The highest BCUT2D eigenvalue weighted by atomic mass is 16.5. The molecule has 1 aliphatic heterocycles. The first-order valence-corrected chi connectivity index (χ1v) is 8.15. The smallest absolute Gasteiger partial charge is 0.328 e. The number of esters is 1. The van der Waals surface area contributed by atoms with Crippen molar-refractivity contribution in [3.05, 3.63) is 29.3 Å². The van der Waals surface area contributed by atoms with E-state index < -0.39 is 6.04 Å². The van der Waals surface area contributed by atoms with Crippen molar-refractivity contribution in [3.63, 3.8) is 0 Å². The van der Waals surface area contributed by atoms with Crippen molar-refractivity contribution in [1.82, 2.24) is 4.90 Å². The molecule has 1 aliphatic carbocycles. The summed E-state index contributed by atoms with van der Waals surface area (Å²) >= 11 is 0. The molecule has 1 amide bonds. The number of rotatable bonds is 4. The molecule has 0 aromatic heterocycles. The number of ether oxygens (including phenoxy) is 2. The summed E-state index contributed by atoms with van der Waals surface area (Å²) in [7, 11) is 3.04. The molecule has 1 saturated heterocycles. The summed E-state index contributed by atoms with van der Waals surface area (Å²) < 4.78 is 10.1. The van der Waals surface area contributed by atoms with Gasteiger partial charge in [-0.15, -0.1) is 0 Å². The van der Waals surface area contributed by atoms with Crippen molar-refractivity contribution < 1.29 is 19.1 Å². The van der Waals surface area contributed by atoms with Gasteiger partial charge >= 0.3 is 5.97 Å². The zero-order valence-electron chi connectivity index (χ0n) is 13.7. The second-order valence-corrected chi connectivity index (χ2v) is 6.38. The van der Waals surface area contributed by atoms with Crippen LogP contribution in [-0.2, 0) is 27.2 Å². The maximum Gasteiger partial charge on any atom is 0.328 e. The van der Waals surface area contributed by atoms with Crippen molar-refractivity contribution in [2.24, 2.45) is 5.92 Å². The first-order valence-electron chi connectivity index (χ1n) is 8.15. The van der Waals surface area contributed by atoms with E-state index in [1.165, 1.54) is 18.2 Å². The van der Waals surface area contributed by atoms with Gasteiger partial charge in [0.2, 0.25) is 5.91 Å². The second-order valence-electron chi connectivity index (χ2n) is 6.38. The lowest BCUT2D eigenvalue weighted by Crippen LogP contribution is -2.41. The molecule has 5 nitrogen and oxygen atoms in total. The Morgan fingerprint density at radius 3 is 2.74 bits per heavy atom. The normalized spacial score (nSPS) is 22.8. The van der Waals surface area contributed by atoms with Crippen molar-refractivity contribution in [2.45, 2.75) is 38.1 Å². The zero-order valence-corrected chi connectivity index (χ0v) is 13.7. The van der Waals surface area contributed by atoms with Crippen molar-refractivity contribution in [3.8, 4) is 5.75 Å². The standard InChI is InChI=1S/C18H23NO4/c1-22-15-6-5-13-8-12(9-14(13)11-15)10-17(20)19-7-3-4-16(19)18(21)23-2/h5-6,11-12,16H,3-4,7-10H2,1-2H3/t12?,16-/m0/s1. The maximum absolute atomic E-state index is 12.6. The Hall–Kier alpha value is -2.04. The van der Waals surface area contributed by atoms with E-state index in [-0.39, 0.29) is 11.9 Å². The van der Waals surface area contributed by atoms with Crippen LogP contribution in [0.25, 0.3) is 0 Å². The van der Waals surface area contributed by atoms with Gasteiger partial charge in [0.05, 0.1) is 14.2 Å². The molecule has 124 valence electrons. The van der Waals surface area contributed by atoms with E-state index in [9.17, 15) is 9.59 Å². The number of benzene rings is 1. The molecule has 0 radical (unpaired) electrons. The third-order valence-corrected chi connectivity index (χ3v) is 4.94. The number of likely N-dealkylation sites (tertiary alicyclic amines) is 1. The molecular formula is C18H23NO4. The van der Waals surface area contributed by atoms with Gasteiger partial charge in [-0.05, 0) is 54.9 Å².